The van der Waals surface area contributed by atoms with E-state index in [1.165, 1.54) is 21.9 Å². The highest BCUT2D eigenvalue weighted by molar-refractivity contribution is 7.99. The highest BCUT2D eigenvalue weighted by Gasteiger charge is 2.53. The average Bonchev–Trinajstić information content (AvgIpc) is 3.90. The Morgan fingerprint density at radius 3 is 2.10 bits per heavy atom. The van der Waals surface area contributed by atoms with E-state index in [0.29, 0.717) is 11.5 Å². The Morgan fingerprint density at radius 1 is 0.464 bits per heavy atom. The molecule has 0 radical (unpaired) electrons. The van der Waals surface area contributed by atoms with Crippen LogP contribution >= 0.6 is 11.8 Å². The zero-order chi connectivity index (χ0) is 45.2. The van der Waals surface area contributed by atoms with Crippen molar-refractivity contribution in [2.75, 3.05) is 4.90 Å². The van der Waals surface area contributed by atoms with Gasteiger partial charge in [-0.2, -0.15) is 0 Å². The fraction of sp³-hybridized carbons (Fsp3) is 0.0164. The van der Waals surface area contributed by atoms with Gasteiger partial charge in [0.25, 0.3) is 0 Å². The van der Waals surface area contributed by atoms with Crippen LogP contribution in [0.5, 0.6) is 11.5 Å². The van der Waals surface area contributed by atoms with Crippen LogP contribution in [0, 0.1) is 0 Å². The lowest BCUT2D eigenvalue weighted by molar-refractivity contribution is 0.461. The summed E-state index contributed by atoms with van der Waals surface area (Å²) in [7, 11) is 0. The van der Waals surface area contributed by atoms with Crippen molar-refractivity contribution >= 4 is 61.5 Å². The van der Waals surface area contributed by atoms with E-state index < -0.39 is 5.41 Å². The third kappa shape index (κ3) is 5.40. The minimum absolute atomic E-state index is 0.567. The topological polar surface area (TPSA) is 69.0 Å². The predicted molar refractivity (Wildman–Crippen MR) is 277 cm³/mol. The minimum Gasteiger partial charge on any atom is -0.452 e. The molecule has 0 fully saturated rings. The summed E-state index contributed by atoms with van der Waals surface area (Å²) in [6.45, 7) is 0. The number of ether oxygens (including phenoxy) is 1. The van der Waals surface area contributed by atoms with Crippen molar-refractivity contribution < 1.29 is 4.74 Å². The molecular formula is C61H36N6OS. The molecule has 1 spiro atoms. The Balaban J connectivity index is 0.947. The summed E-state index contributed by atoms with van der Waals surface area (Å²) >= 11 is 1.77. The maximum atomic E-state index is 7.19. The van der Waals surface area contributed by atoms with Crippen LogP contribution in [-0.2, 0) is 5.41 Å². The molecule has 322 valence electrons. The van der Waals surface area contributed by atoms with Gasteiger partial charge in [-0.15, -0.1) is 0 Å². The molecule has 0 saturated heterocycles. The maximum absolute atomic E-state index is 7.19. The number of para-hydroxylation sites is 5. The molecule has 1 unspecified atom stereocenters. The Labute approximate surface area is 401 Å². The van der Waals surface area contributed by atoms with Gasteiger partial charge in [0.1, 0.15) is 5.69 Å². The van der Waals surface area contributed by atoms with Crippen LogP contribution in [-0.4, -0.2) is 24.5 Å². The Kier molecular flexibility index (Phi) is 8.08. The predicted octanol–water partition coefficient (Wildman–Crippen LogP) is 15.3. The zero-order valence-electron chi connectivity index (χ0n) is 36.8. The second-order valence-electron chi connectivity index (χ2n) is 17.7. The number of pyridine rings is 2. The van der Waals surface area contributed by atoms with Crippen molar-refractivity contribution in [1.29, 1.82) is 0 Å². The fourth-order valence-corrected chi connectivity index (χ4v) is 12.5. The molecule has 0 saturated carbocycles. The normalized spacial score (nSPS) is 15.0. The van der Waals surface area contributed by atoms with Crippen molar-refractivity contribution in [1.82, 2.24) is 24.5 Å². The van der Waals surface area contributed by atoms with E-state index in [1.807, 2.05) is 48.7 Å². The summed E-state index contributed by atoms with van der Waals surface area (Å²) < 4.78 is 9.57. The highest BCUT2D eigenvalue weighted by Crippen LogP contribution is 2.65. The van der Waals surface area contributed by atoms with E-state index in [-0.39, 0.29) is 0 Å². The Hall–Kier alpha value is -8.85. The van der Waals surface area contributed by atoms with Gasteiger partial charge in [0.05, 0.1) is 55.3 Å². The molecule has 69 heavy (non-hydrogen) atoms. The lowest BCUT2D eigenvalue weighted by atomic mass is 9.67. The van der Waals surface area contributed by atoms with E-state index >= 15 is 0 Å². The molecular weight excluding hydrogens is 865 g/mol. The van der Waals surface area contributed by atoms with Crippen molar-refractivity contribution in [3.63, 3.8) is 0 Å². The summed E-state index contributed by atoms with van der Waals surface area (Å²) in [6, 6.07) is 75.0. The van der Waals surface area contributed by atoms with Crippen LogP contribution in [0.4, 0.5) is 17.1 Å². The largest absolute Gasteiger partial charge is 0.452 e. The number of anilines is 3. The first kappa shape index (κ1) is 38.3. The molecule has 15 rings (SSSR count). The smallest absolute Gasteiger partial charge is 0.179 e. The lowest BCUT2D eigenvalue weighted by Gasteiger charge is -2.41. The molecule has 1 atom stereocenters. The van der Waals surface area contributed by atoms with Crippen LogP contribution in [0.25, 0.3) is 72.6 Å². The van der Waals surface area contributed by atoms with Gasteiger partial charge >= 0.3 is 0 Å². The van der Waals surface area contributed by atoms with Gasteiger partial charge < -0.3 is 14.2 Å². The number of hydrogen-bond donors (Lipinski definition) is 0. The minimum atomic E-state index is -0.753. The van der Waals surface area contributed by atoms with E-state index in [9.17, 15) is 0 Å². The third-order valence-electron chi connectivity index (χ3n) is 14.1. The first-order chi connectivity index (χ1) is 34.2. The zero-order valence-corrected chi connectivity index (χ0v) is 37.6. The number of benzene rings is 8. The summed E-state index contributed by atoms with van der Waals surface area (Å²) in [5.74, 6) is 2.17. The first-order valence-corrected chi connectivity index (χ1v) is 23.9. The lowest BCUT2D eigenvalue weighted by Crippen LogP contribution is -2.32. The molecule has 0 bridgehead atoms. The monoisotopic (exact) mass is 900 g/mol. The third-order valence-corrected chi connectivity index (χ3v) is 15.3. The van der Waals surface area contributed by atoms with Gasteiger partial charge in [0.15, 0.2) is 17.3 Å². The van der Waals surface area contributed by atoms with E-state index in [1.54, 1.807) is 11.8 Å². The second-order valence-corrected chi connectivity index (χ2v) is 18.8. The van der Waals surface area contributed by atoms with Crippen LogP contribution in [0.1, 0.15) is 22.3 Å². The van der Waals surface area contributed by atoms with E-state index in [4.69, 9.17) is 24.7 Å². The van der Waals surface area contributed by atoms with Gasteiger partial charge in [-0.05, 0) is 95.1 Å². The van der Waals surface area contributed by atoms with Gasteiger partial charge in [0, 0.05) is 44.2 Å². The summed E-state index contributed by atoms with van der Waals surface area (Å²) in [5, 5.41) is 3.41. The van der Waals surface area contributed by atoms with Crippen LogP contribution < -0.4 is 9.64 Å². The average molecular weight is 901 g/mol. The number of rotatable bonds is 4. The first-order valence-electron chi connectivity index (χ1n) is 23.1. The quantitative estimate of drug-likeness (QED) is 0.174. The standard InChI is InChI=1S/C61H36N6OS/c1-3-16-37(17-4-1)55-42-21-7-10-24-47(42)64-60(65-55)48-33-31-45-57(63-48)56-44(23-15-35-62-56)61(45)43-22-9-14-28-54(43)69-59-46(61)32-34-51-58(59)68-53-27-13-12-26-50(53)67(51)39-29-30-41-40-20-8-11-25-49(40)66(52(41)36-39)38-18-5-2-6-19-38/h1-36H. The molecule has 12 aromatic rings. The SMILES string of the molecule is c1ccc(-c2nc(-c3ccc4c(n3)-c3ncccc3C43c4ccccc4Sc4c3ccc3c4Oc4ccccc4N3c3ccc4c5ccccc5n(-c5ccccc5)c4c3)nc3ccccc23)cc1. The number of fused-ring (bicyclic) bond motifs is 16. The molecule has 7 nitrogen and oxygen atoms in total. The molecule has 8 aromatic carbocycles. The molecule has 3 aliphatic rings. The van der Waals surface area contributed by atoms with Gasteiger partial charge in [-0.1, -0.05) is 151 Å². The van der Waals surface area contributed by atoms with Crippen molar-refractivity contribution in [3.8, 4) is 51.3 Å². The molecule has 4 aromatic heterocycles. The molecule has 6 heterocycles. The Morgan fingerprint density at radius 2 is 1.19 bits per heavy atom. The molecule has 0 N–H and O–H groups in total. The number of hydrogen-bond acceptors (Lipinski definition) is 7. The highest BCUT2D eigenvalue weighted by atomic mass is 32.2. The van der Waals surface area contributed by atoms with Crippen LogP contribution in [0.2, 0.25) is 0 Å². The molecule has 2 aliphatic heterocycles. The summed E-state index contributed by atoms with van der Waals surface area (Å²) in [6.07, 6.45) is 1.87. The van der Waals surface area contributed by atoms with Crippen LogP contribution in [0.3, 0.4) is 0 Å². The van der Waals surface area contributed by atoms with Gasteiger partial charge in [0.2, 0.25) is 0 Å². The number of nitrogens with zero attached hydrogens (tertiary/aromatic N) is 6. The summed E-state index contributed by atoms with van der Waals surface area (Å²) in [4.78, 5) is 25.6. The molecule has 1 aliphatic carbocycles. The molecule has 0 amide bonds. The van der Waals surface area contributed by atoms with Crippen molar-refractivity contribution in [2.24, 2.45) is 0 Å². The summed E-state index contributed by atoms with van der Waals surface area (Å²) in [5.41, 5.74) is 15.2. The van der Waals surface area contributed by atoms with E-state index in [0.717, 1.165) is 99.8 Å². The van der Waals surface area contributed by atoms with E-state index in [2.05, 4.69) is 179 Å². The Bertz CT molecular complexity index is 4120. The molecule has 8 heteroatoms. The maximum Gasteiger partial charge on any atom is 0.179 e. The van der Waals surface area contributed by atoms with Gasteiger partial charge in [-0.3, -0.25) is 4.98 Å². The van der Waals surface area contributed by atoms with Crippen molar-refractivity contribution in [3.05, 3.63) is 241 Å². The van der Waals surface area contributed by atoms with Gasteiger partial charge in [-0.25, -0.2) is 15.0 Å². The van der Waals surface area contributed by atoms with Crippen molar-refractivity contribution in [2.45, 2.75) is 15.2 Å². The second kappa shape index (κ2) is 14.6. The number of aromatic nitrogens is 5. The van der Waals surface area contributed by atoms with Crippen LogP contribution in [0.15, 0.2) is 228 Å². The fourth-order valence-electron chi connectivity index (χ4n) is 11.2.